The molecule has 1 N–H and O–H groups in total. The lowest BCUT2D eigenvalue weighted by atomic mass is 10.2. The molecule has 0 saturated heterocycles. The molecule has 2 rings (SSSR count). The molecule has 0 spiro atoms. The van der Waals surface area contributed by atoms with Crippen molar-refractivity contribution in [2.45, 2.75) is 13.0 Å². The first-order valence-electron chi connectivity index (χ1n) is 4.26. The van der Waals surface area contributed by atoms with Crippen molar-refractivity contribution in [1.82, 2.24) is 0 Å². The molecule has 1 aliphatic rings. The van der Waals surface area contributed by atoms with E-state index in [0.29, 0.717) is 18.1 Å². The summed E-state index contributed by atoms with van der Waals surface area (Å²) in [5.74, 6) is 0.765. The molecule has 0 fully saturated rings. The Morgan fingerprint density at radius 1 is 1.46 bits per heavy atom. The van der Waals surface area contributed by atoms with Crippen LogP contribution in [0.3, 0.4) is 0 Å². The van der Waals surface area contributed by atoms with Crippen LogP contribution in [-0.2, 0) is 4.74 Å². The molecule has 13 heavy (non-hydrogen) atoms. The Hall–Kier alpha value is -1.51. The predicted molar refractivity (Wildman–Crippen MR) is 50.1 cm³/mol. The minimum absolute atomic E-state index is 0.189. The Balaban J connectivity index is 2.36. The van der Waals surface area contributed by atoms with Gasteiger partial charge in [0.05, 0.1) is 11.6 Å². The summed E-state index contributed by atoms with van der Waals surface area (Å²) in [6, 6.07) is 7.24. The fraction of sp³-hybridized carbons (Fsp3) is 0.300. The molecule has 1 heterocycles. The Labute approximate surface area is 76.7 Å². The zero-order valence-corrected chi connectivity index (χ0v) is 7.40. The highest BCUT2D eigenvalue weighted by atomic mass is 16.5. The third kappa shape index (κ3) is 1.49. The summed E-state index contributed by atoms with van der Waals surface area (Å²) < 4.78 is 5.32. The van der Waals surface area contributed by atoms with Crippen molar-refractivity contribution in [3.05, 3.63) is 29.8 Å². The number of para-hydroxylation sites is 1. The molecule has 68 valence electrons. The number of phenolic OH excluding ortho intramolecular Hbond substituents is 1. The Bertz CT molecular complexity index is 347. The van der Waals surface area contributed by atoms with Crippen molar-refractivity contribution in [2.75, 3.05) is 6.61 Å². The van der Waals surface area contributed by atoms with E-state index >= 15 is 0 Å². The van der Waals surface area contributed by atoms with Gasteiger partial charge in [-0.2, -0.15) is 0 Å². The number of hydrogen-bond donors (Lipinski definition) is 1. The van der Waals surface area contributed by atoms with Gasteiger partial charge in [-0.25, -0.2) is 4.99 Å². The van der Waals surface area contributed by atoms with Gasteiger partial charge in [0.1, 0.15) is 12.4 Å². The molecule has 1 aromatic rings. The van der Waals surface area contributed by atoms with Crippen LogP contribution >= 0.6 is 0 Å². The third-order valence-electron chi connectivity index (χ3n) is 1.93. The van der Waals surface area contributed by atoms with Crippen LogP contribution in [0.1, 0.15) is 12.5 Å². The van der Waals surface area contributed by atoms with Gasteiger partial charge in [-0.05, 0) is 19.1 Å². The van der Waals surface area contributed by atoms with Gasteiger partial charge in [0.2, 0.25) is 5.90 Å². The molecule has 0 saturated carbocycles. The fourth-order valence-corrected chi connectivity index (χ4v) is 1.28. The second-order valence-electron chi connectivity index (χ2n) is 3.11. The molecule has 0 bridgehead atoms. The average Bonchev–Trinajstić information content (AvgIpc) is 2.53. The first kappa shape index (κ1) is 8.10. The van der Waals surface area contributed by atoms with Crippen molar-refractivity contribution < 1.29 is 9.84 Å². The van der Waals surface area contributed by atoms with Crippen LogP contribution in [0.2, 0.25) is 0 Å². The Kier molecular flexibility index (Phi) is 1.93. The van der Waals surface area contributed by atoms with Gasteiger partial charge in [-0.3, -0.25) is 0 Å². The molecular formula is C10H11NO2. The van der Waals surface area contributed by atoms with E-state index in [9.17, 15) is 5.11 Å². The largest absolute Gasteiger partial charge is 0.507 e. The number of benzene rings is 1. The lowest BCUT2D eigenvalue weighted by Crippen LogP contribution is -2.01. The number of phenols is 1. The molecule has 3 heteroatoms. The summed E-state index contributed by atoms with van der Waals surface area (Å²) in [4.78, 5) is 4.25. The quantitative estimate of drug-likeness (QED) is 0.707. The minimum atomic E-state index is 0.189. The summed E-state index contributed by atoms with van der Waals surface area (Å²) in [6.07, 6.45) is 0. The molecule has 3 nitrogen and oxygen atoms in total. The first-order valence-corrected chi connectivity index (χ1v) is 4.26. The number of rotatable bonds is 1. The van der Waals surface area contributed by atoms with Crippen LogP contribution in [0.15, 0.2) is 29.3 Å². The smallest absolute Gasteiger partial charge is 0.220 e. The van der Waals surface area contributed by atoms with Gasteiger partial charge < -0.3 is 9.84 Å². The van der Waals surface area contributed by atoms with Crippen LogP contribution in [0.4, 0.5) is 0 Å². The highest BCUT2D eigenvalue weighted by molar-refractivity contribution is 5.97. The fourth-order valence-electron chi connectivity index (χ4n) is 1.28. The average molecular weight is 177 g/mol. The van der Waals surface area contributed by atoms with E-state index < -0.39 is 0 Å². The van der Waals surface area contributed by atoms with Crippen molar-refractivity contribution >= 4 is 5.90 Å². The summed E-state index contributed by atoms with van der Waals surface area (Å²) in [7, 11) is 0. The molecule has 0 amide bonds. The van der Waals surface area contributed by atoms with Crippen LogP contribution < -0.4 is 0 Å². The second-order valence-corrected chi connectivity index (χ2v) is 3.11. The highest BCUT2D eigenvalue weighted by Gasteiger charge is 2.17. The maximum atomic E-state index is 9.50. The molecule has 0 aliphatic carbocycles. The number of hydrogen-bond acceptors (Lipinski definition) is 3. The van der Waals surface area contributed by atoms with Gasteiger partial charge in [0, 0.05) is 0 Å². The standard InChI is InChI=1S/C10H11NO2/c1-7-6-13-10(11-7)8-4-2-3-5-9(8)12/h2-5,7,12H,6H2,1H3. The Morgan fingerprint density at radius 3 is 2.85 bits per heavy atom. The maximum Gasteiger partial charge on any atom is 0.220 e. The molecule has 0 aromatic heterocycles. The second kappa shape index (κ2) is 3.09. The number of aliphatic imine (C=N–C) groups is 1. The lowest BCUT2D eigenvalue weighted by Gasteiger charge is -2.02. The van der Waals surface area contributed by atoms with Crippen LogP contribution in [0.25, 0.3) is 0 Å². The van der Waals surface area contributed by atoms with E-state index in [-0.39, 0.29) is 11.8 Å². The first-order chi connectivity index (χ1) is 6.27. The number of nitrogens with zero attached hydrogens (tertiary/aromatic N) is 1. The Morgan fingerprint density at radius 2 is 2.23 bits per heavy atom. The maximum absolute atomic E-state index is 9.50. The zero-order chi connectivity index (χ0) is 9.26. The molecule has 1 atom stereocenters. The van der Waals surface area contributed by atoms with E-state index in [1.54, 1.807) is 18.2 Å². The molecule has 0 radical (unpaired) electrons. The van der Waals surface area contributed by atoms with Crippen LogP contribution in [0, 0.1) is 0 Å². The minimum Gasteiger partial charge on any atom is -0.507 e. The van der Waals surface area contributed by atoms with Gasteiger partial charge in [0.15, 0.2) is 0 Å². The predicted octanol–water partition coefficient (Wildman–Crippen LogP) is 1.56. The SMILES string of the molecule is CC1COC(c2ccccc2O)=N1. The number of ether oxygens (including phenoxy) is 1. The zero-order valence-electron chi connectivity index (χ0n) is 7.40. The number of aromatic hydroxyl groups is 1. The monoisotopic (exact) mass is 177 g/mol. The summed E-state index contributed by atoms with van der Waals surface area (Å²) >= 11 is 0. The van der Waals surface area contributed by atoms with Crippen molar-refractivity contribution in [1.29, 1.82) is 0 Å². The lowest BCUT2D eigenvalue weighted by molar-refractivity contribution is 0.322. The van der Waals surface area contributed by atoms with Gasteiger partial charge >= 0.3 is 0 Å². The van der Waals surface area contributed by atoms with E-state index in [0.717, 1.165) is 0 Å². The third-order valence-corrected chi connectivity index (χ3v) is 1.93. The molecule has 1 unspecified atom stereocenters. The van der Waals surface area contributed by atoms with Gasteiger partial charge in [-0.1, -0.05) is 12.1 Å². The van der Waals surface area contributed by atoms with Crippen molar-refractivity contribution in [2.24, 2.45) is 4.99 Å². The molecular weight excluding hydrogens is 166 g/mol. The van der Waals surface area contributed by atoms with E-state index in [1.807, 2.05) is 13.0 Å². The van der Waals surface area contributed by atoms with Crippen molar-refractivity contribution in [3.63, 3.8) is 0 Å². The van der Waals surface area contributed by atoms with Gasteiger partial charge in [0.25, 0.3) is 0 Å². The summed E-state index contributed by atoms with van der Waals surface area (Å²) in [6.45, 7) is 2.58. The van der Waals surface area contributed by atoms with Crippen molar-refractivity contribution in [3.8, 4) is 5.75 Å². The molecule has 1 aromatic carbocycles. The summed E-state index contributed by atoms with van der Waals surface area (Å²) in [5.41, 5.74) is 0.673. The normalized spacial score (nSPS) is 21.0. The van der Waals surface area contributed by atoms with Crippen LogP contribution in [-0.4, -0.2) is 23.7 Å². The van der Waals surface area contributed by atoms with Crippen LogP contribution in [0.5, 0.6) is 5.75 Å². The highest BCUT2D eigenvalue weighted by Crippen LogP contribution is 2.20. The van der Waals surface area contributed by atoms with Gasteiger partial charge in [-0.15, -0.1) is 0 Å². The topological polar surface area (TPSA) is 41.8 Å². The van der Waals surface area contributed by atoms with E-state index in [1.165, 1.54) is 0 Å². The van der Waals surface area contributed by atoms with E-state index in [4.69, 9.17) is 4.74 Å². The summed E-state index contributed by atoms with van der Waals surface area (Å²) in [5, 5.41) is 9.50. The van der Waals surface area contributed by atoms with E-state index in [2.05, 4.69) is 4.99 Å². The molecule has 1 aliphatic heterocycles.